The van der Waals surface area contributed by atoms with Crippen LogP contribution in [0.2, 0.25) is 0 Å². The van der Waals surface area contributed by atoms with Crippen molar-refractivity contribution in [2.45, 2.75) is 37.5 Å². The van der Waals surface area contributed by atoms with E-state index in [9.17, 15) is 0 Å². The minimum absolute atomic E-state index is 0.226. The van der Waals surface area contributed by atoms with Crippen LogP contribution in [0, 0.1) is 0 Å². The first-order chi connectivity index (χ1) is 13.4. The predicted octanol–water partition coefficient (Wildman–Crippen LogP) is 5.16. The number of ether oxygens (including phenoxy) is 1. The van der Waals surface area contributed by atoms with Gasteiger partial charge in [0.1, 0.15) is 0 Å². The van der Waals surface area contributed by atoms with Gasteiger partial charge in [-0.3, -0.25) is 0 Å². The molecule has 0 radical (unpaired) electrons. The van der Waals surface area contributed by atoms with Gasteiger partial charge < -0.3 is 10.1 Å². The molecule has 3 aromatic carbocycles. The van der Waals surface area contributed by atoms with Gasteiger partial charge in [-0.2, -0.15) is 0 Å². The summed E-state index contributed by atoms with van der Waals surface area (Å²) in [4.78, 5) is 0. The fourth-order valence-corrected chi connectivity index (χ4v) is 4.00. The average Bonchev–Trinajstić information content (AvgIpc) is 2.76. The number of benzene rings is 3. The predicted molar refractivity (Wildman–Crippen MR) is 111 cm³/mol. The summed E-state index contributed by atoms with van der Waals surface area (Å²) in [5.41, 5.74) is 4.00. The molecule has 2 heteroatoms. The number of hydrogen-bond donors (Lipinski definition) is 1. The van der Waals surface area contributed by atoms with Gasteiger partial charge in [-0.05, 0) is 29.5 Å². The summed E-state index contributed by atoms with van der Waals surface area (Å²) in [7, 11) is 0. The summed E-state index contributed by atoms with van der Waals surface area (Å²) in [6, 6.07) is 32.5. The van der Waals surface area contributed by atoms with Crippen LogP contribution in [0.1, 0.15) is 35.4 Å². The first-order valence-electron chi connectivity index (χ1n) is 9.89. The maximum atomic E-state index is 6.39. The van der Waals surface area contributed by atoms with Crippen molar-refractivity contribution in [2.24, 2.45) is 0 Å². The molecule has 2 atom stereocenters. The number of hydrogen-bond acceptors (Lipinski definition) is 2. The Hall–Kier alpha value is -2.42. The molecule has 2 nitrogen and oxygen atoms in total. The quantitative estimate of drug-likeness (QED) is 0.658. The Morgan fingerprint density at radius 1 is 0.741 bits per heavy atom. The van der Waals surface area contributed by atoms with Crippen LogP contribution in [-0.2, 0) is 11.3 Å². The van der Waals surface area contributed by atoms with Crippen LogP contribution in [-0.4, -0.2) is 18.8 Å². The Labute approximate surface area is 162 Å². The molecular weight excluding hydrogens is 330 g/mol. The molecule has 0 spiro atoms. The van der Waals surface area contributed by atoms with E-state index in [2.05, 4.69) is 96.3 Å². The standard InChI is InChI=1S/C25H27NO/c1-4-10-20(11-5-1)18-26-23-16-17-24(27-19-23)25(21-12-6-2-7-13-21)22-14-8-3-9-15-22/h1-15,23-26H,16-19H2/t23-,24?/m0/s1. The molecule has 1 unspecified atom stereocenters. The van der Waals surface area contributed by atoms with E-state index < -0.39 is 0 Å². The van der Waals surface area contributed by atoms with Crippen LogP contribution < -0.4 is 5.32 Å². The largest absolute Gasteiger partial charge is 0.376 e. The molecule has 1 fully saturated rings. The van der Waals surface area contributed by atoms with Crippen LogP contribution in [0.15, 0.2) is 91.0 Å². The van der Waals surface area contributed by atoms with Crippen LogP contribution in [0.4, 0.5) is 0 Å². The molecule has 1 N–H and O–H groups in total. The molecule has 0 bridgehead atoms. The van der Waals surface area contributed by atoms with Gasteiger partial charge in [-0.15, -0.1) is 0 Å². The molecular formula is C25H27NO. The Bertz CT molecular complexity index is 756. The van der Waals surface area contributed by atoms with Gasteiger partial charge in [-0.25, -0.2) is 0 Å². The highest BCUT2D eigenvalue weighted by Crippen LogP contribution is 2.34. The Balaban J connectivity index is 1.41. The van der Waals surface area contributed by atoms with E-state index in [-0.39, 0.29) is 6.10 Å². The molecule has 1 aliphatic rings. The van der Waals surface area contributed by atoms with Crippen molar-refractivity contribution in [3.8, 4) is 0 Å². The van der Waals surface area contributed by atoms with E-state index >= 15 is 0 Å². The van der Waals surface area contributed by atoms with E-state index in [4.69, 9.17) is 4.74 Å². The molecule has 27 heavy (non-hydrogen) atoms. The Morgan fingerprint density at radius 2 is 1.30 bits per heavy atom. The second-order valence-corrected chi connectivity index (χ2v) is 7.31. The molecule has 1 aliphatic heterocycles. The summed E-state index contributed by atoms with van der Waals surface area (Å²) in [5, 5.41) is 3.65. The molecule has 0 saturated carbocycles. The maximum Gasteiger partial charge on any atom is 0.0685 e. The van der Waals surface area contributed by atoms with Crippen LogP contribution >= 0.6 is 0 Å². The highest BCUT2D eigenvalue weighted by atomic mass is 16.5. The zero-order chi connectivity index (χ0) is 18.3. The van der Waals surface area contributed by atoms with Crippen molar-refractivity contribution in [2.75, 3.05) is 6.61 Å². The van der Waals surface area contributed by atoms with Gasteiger partial charge >= 0.3 is 0 Å². The van der Waals surface area contributed by atoms with Crippen LogP contribution in [0.5, 0.6) is 0 Å². The highest BCUT2D eigenvalue weighted by Gasteiger charge is 2.30. The zero-order valence-corrected chi connectivity index (χ0v) is 15.6. The van der Waals surface area contributed by atoms with Gasteiger partial charge in [-0.1, -0.05) is 91.0 Å². The summed E-state index contributed by atoms with van der Waals surface area (Å²) in [6.07, 6.45) is 2.44. The summed E-state index contributed by atoms with van der Waals surface area (Å²) in [5.74, 6) is 0.294. The summed E-state index contributed by atoms with van der Waals surface area (Å²) in [6.45, 7) is 1.67. The second kappa shape index (κ2) is 8.98. The zero-order valence-electron chi connectivity index (χ0n) is 15.6. The van der Waals surface area contributed by atoms with Crippen molar-refractivity contribution < 1.29 is 4.74 Å². The van der Waals surface area contributed by atoms with Crippen molar-refractivity contribution in [1.29, 1.82) is 0 Å². The molecule has 1 saturated heterocycles. The maximum absolute atomic E-state index is 6.39. The molecule has 1 heterocycles. The van der Waals surface area contributed by atoms with Gasteiger partial charge in [0, 0.05) is 18.5 Å². The molecule has 4 rings (SSSR count). The van der Waals surface area contributed by atoms with E-state index in [1.807, 2.05) is 0 Å². The van der Waals surface area contributed by atoms with Crippen LogP contribution in [0.25, 0.3) is 0 Å². The number of rotatable bonds is 6. The van der Waals surface area contributed by atoms with Crippen molar-refractivity contribution in [1.82, 2.24) is 5.32 Å². The molecule has 0 amide bonds. The molecule has 0 aromatic heterocycles. The lowest BCUT2D eigenvalue weighted by Gasteiger charge is -2.35. The van der Waals surface area contributed by atoms with Gasteiger partial charge in [0.05, 0.1) is 12.7 Å². The fraction of sp³-hybridized carbons (Fsp3) is 0.280. The van der Waals surface area contributed by atoms with Crippen molar-refractivity contribution in [3.63, 3.8) is 0 Å². The lowest BCUT2D eigenvalue weighted by molar-refractivity contribution is -0.0116. The van der Waals surface area contributed by atoms with E-state index in [0.29, 0.717) is 12.0 Å². The normalized spacial score (nSPS) is 19.9. The van der Waals surface area contributed by atoms with Gasteiger partial charge in [0.25, 0.3) is 0 Å². The number of nitrogens with one attached hydrogen (secondary N) is 1. The minimum Gasteiger partial charge on any atom is -0.376 e. The first kappa shape index (κ1) is 18.0. The Kier molecular flexibility index (Phi) is 5.98. The third-order valence-corrected chi connectivity index (χ3v) is 5.44. The average molecular weight is 357 g/mol. The van der Waals surface area contributed by atoms with Crippen LogP contribution in [0.3, 0.4) is 0 Å². The van der Waals surface area contributed by atoms with E-state index in [0.717, 1.165) is 26.0 Å². The Morgan fingerprint density at radius 3 is 1.81 bits per heavy atom. The second-order valence-electron chi connectivity index (χ2n) is 7.31. The SMILES string of the molecule is c1ccc(CN[C@H]2CCC(C(c3ccccc3)c3ccccc3)OC2)cc1. The molecule has 3 aromatic rings. The summed E-state index contributed by atoms with van der Waals surface area (Å²) >= 11 is 0. The fourth-order valence-electron chi connectivity index (χ4n) is 4.00. The van der Waals surface area contributed by atoms with E-state index in [1.54, 1.807) is 0 Å². The molecule has 138 valence electrons. The topological polar surface area (TPSA) is 21.3 Å². The van der Waals surface area contributed by atoms with E-state index in [1.165, 1.54) is 16.7 Å². The first-order valence-corrected chi connectivity index (χ1v) is 9.89. The third kappa shape index (κ3) is 4.65. The lowest BCUT2D eigenvalue weighted by Crippen LogP contribution is -2.41. The minimum atomic E-state index is 0.226. The lowest BCUT2D eigenvalue weighted by atomic mass is 9.83. The van der Waals surface area contributed by atoms with Crippen molar-refractivity contribution in [3.05, 3.63) is 108 Å². The van der Waals surface area contributed by atoms with Gasteiger partial charge in [0.2, 0.25) is 0 Å². The monoisotopic (exact) mass is 357 g/mol. The highest BCUT2D eigenvalue weighted by molar-refractivity contribution is 5.34. The molecule has 0 aliphatic carbocycles. The van der Waals surface area contributed by atoms with Crippen molar-refractivity contribution >= 4 is 0 Å². The summed E-state index contributed by atoms with van der Waals surface area (Å²) < 4.78 is 6.39. The third-order valence-electron chi connectivity index (χ3n) is 5.44. The van der Waals surface area contributed by atoms with Gasteiger partial charge in [0.15, 0.2) is 0 Å². The smallest absolute Gasteiger partial charge is 0.0685 e.